The topological polar surface area (TPSA) is 71.9 Å². The third-order valence-corrected chi connectivity index (χ3v) is 2.98. The Labute approximate surface area is 95.0 Å². The summed E-state index contributed by atoms with van der Waals surface area (Å²) in [5.41, 5.74) is 7.30. The predicted octanol–water partition coefficient (Wildman–Crippen LogP) is 1.50. The zero-order chi connectivity index (χ0) is 11.4. The summed E-state index contributed by atoms with van der Waals surface area (Å²) in [6, 6.07) is 3.98. The molecule has 0 aromatic carbocycles. The Kier molecular flexibility index (Phi) is 3.37. The van der Waals surface area contributed by atoms with Crippen LogP contribution in [0, 0.1) is 17.2 Å². The van der Waals surface area contributed by atoms with Crippen molar-refractivity contribution < 1.29 is 4.74 Å². The summed E-state index contributed by atoms with van der Waals surface area (Å²) >= 11 is 0. The lowest BCUT2D eigenvalue weighted by Gasteiger charge is -2.22. The highest BCUT2D eigenvalue weighted by atomic mass is 16.5. The molecule has 0 aliphatic carbocycles. The Morgan fingerprint density at radius 1 is 1.50 bits per heavy atom. The van der Waals surface area contributed by atoms with Crippen LogP contribution in [0.1, 0.15) is 24.0 Å². The summed E-state index contributed by atoms with van der Waals surface area (Å²) in [6.07, 6.45) is 4.59. The van der Waals surface area contributed by atoms with Crippen LogP contribution >= 0.6 is 0 Å². The van der Waals surface area contributed by atoms with Crippen molar-refractivity contribution >= 4 is 5.82 Å². The molecule has 0 amide bonds. The van der Waals surface area contributed by atoms with E-state index in [9.17, 15) is 0 Å². The van der Waals surface area contributed by atoms with Gasteiger partial charge in [0.25, 0.3) is 0 Å². The average Bonchev–Trinajstić information content (AvgIpc) is 2.31. The standard InChI is InChI=1S/C12H15N3O/c13-7-11-8-15-12(14)6-10(11)5-9-1-3-16-4-2-9/h6,8-9H,1-5H2,(H2,14,15). The molecular weight excluding hydrogens is 202 g/mol. The minimum Gasteiger partial charge on any atom is -0.384 e. The molecule has 1 aromatic heterocycles. The van der Waals surface area contributed by atoms with Crippen LogP contribution in [0.15, 0.2) is 12.3 Å². The van der Waals surface area contributed by atoms with E-state index in [0.29, 0.717) is 17.3 Å². The molecular formula is C12H15N3O. The van der Waals surface area contributed by atoms with Crippen LogP contribution in [-0.2, 0) is 11.2 Å². The highest BCUT2D eigenvalue weighted by Gasteiger charge is 2.16. The Morgan fingerprint density at radius 2 is 2.25 bits per heavy atom. The molecule has 1 aliphatic heterocycles. The van der Waals surface area contributed by atoms with E-state index in [4.69, 9.17) is 15.7 Å². The molecule has 0 bridgehead atoms. The van der Waals surface area contributed by atoms with Gasteiger partial charge < -0.3 is 10.5 Å². The van der Waals surface area contributed by atoms with Crippen molar-refractivity contribution in [3.8, 4) is 6.07 Å². The first-order valence-corrected chi connectivity index (χ1v) is 5.52. The smallest absolute Gasteiger partial charge is 0.123 e. The third kappa shape index (κ3) is 2.50. The Bertz CT molecular complexity index is 405. The van der Waals surface area contributed by atoms with Gasteiger partial charge in [0.1, 0.15) is 11.9 Å². The van der Waals surface area contributed by atoms with Gasteiger partial charge in [-0.05, 0) is 36.8 Å². The molecule has 0 atom stereocenters. The van der Waals surface area contributed by atoms with Gasteiger partial charge in [-0.1, -0.05) is 0 Å². The van der Waals surface area contributed by atoms with Gasteiger partial charge in [-0.3, -0.25) is 0 Å². The van der Waals surface area contributed by atoms with Crippen molar-refractivity contribution in [2.75, 3.05) is 18.9 Å². The predicted molar refractivity (Wildman–Crippen MR) is 60.6 cm³/mol. The number of rotatable bonds is 2. The maximum Gasteiger partial charge on any atom is 0.123 e. The first-order chi connectivity index (χ1) is 7.79. The quantitative estimate of drug-likeness (QED) is 0.814. The van der Waals surface area contributed by atoms with Crippen LogP contribution in [0.4, 0.5) is 5.82 Å². The van der Waals surface area contributed by atoms with Gasteiger partial charge in [0.15, 0.2) is 0 Å². The molecule has 1 fully saturated rings. The van der Waals surface area contributed by atoms with Gasteiger partial charge >= 0.3 is 0 Å². The number of nitriles is 1. The lowest BCUT2D eigenvalue weighted by Crippen LogP contribution is -2.18. The van der Waals surface area contributed by atoms with Gasteiger partial charge in [-0.15, -0.1) is 0 Å². The van der Waals surface area contributed by atoms with Crippen LogP contribution in [0.5, 0.6) is 0 Å². The second-order valence-electron chi connectivity index (χ2n) is 4.14. The first-order valence-electron chi connectivity index (χ1n) is 5.52. The molecule has 1 aromatic rings. The van der Waals surface area contributed by atoms with Crippen molar-refractivity contribution in [2.45, 2.75) is 19.3 Å². The summed E-state index contributed by atoms with van der Waals surface area (Å²) in [7, 11) is 0. The van der Waals surface area contributed by atoms with Crippen molar-refractivity contribution in [1.29, 1.82) is 5.26 Å². The number of aromatic nitrogens is 1. The first kappa shape index (κ1) is 10.9. The maximum absolute atomic E-state index is 8.98. The molecule has 4 nitrogen and oxygen atoms in total. The largest absolute Gasteiger partial charge is 0.384 e. The van der Waals surface area contributed by atoms with E-state index in [-0.39, 0.29) is 0 Å². The monoisotopic (exact) mass is 217 g/mol. The zero-order valence-electron chi connectivity index (χ0n) is 9.15. The highest BCUT2D eigenvalue weighted by molar-refractivity contribution is 5.43. The molecule has 0 radical (unpaired) electrons. The Morgan fingerprint density at radius 3 is 2.94 bits per heavy atom. The van der Waals surface area contributed by atoms with E-state index in [0.717, 1.165) is 38.0 Å². The summed E-state index contributed by atoms with van der Waals surface area (Å²) in [5, 5.41) is 8.98. The lowest BCUT2D eigenvalue weighted by atomic mass is 9.91. The fraction of sp³-hybridized carbons (Fsp3) is 0.500. The lowest BCUT2D eigenvalue weighted by molar-refractivity contribution is 0.0665. The molecule has 0 saturated carbocycles. The van der Waals surface area contributed by atoms with Crippen molar-refractivity contribution in [2.24, 2.45) is 5.92 Å². The van der Waals surface area contributed by atoms with E-state index in [1.807, 2.05) is 6.07 Å². The van der Waals surface area contributed by atoms with Crippen molar-refractivity contribution in [3.05, 3.63) is 23.4 Å². The molecule has 16 heavy (non-hydrogen) atoms. The minimum atomic E-state index is 0.487. The van der Waals surface area contributed by atoms with Crippen molar-refractivity contribution in [3.63, 3.8) is 0 Å². The summed E-state index contributed by atoms with van der Waals surface area (Å²) in [4.78, 5) is 3.93. The number of pyridine rings is 1. The van der Waals surface area contributed by atoms with Crippen molar-refractivity contribution in [1.82, 2.24) is 4.98 Å². The summed E-state index contributed by atoms with van der Waals surface area (Å²) in [5.74, 6) is 1.09. The second kappa shape index (κ2) is 4.95. The van der Waals surface area contributed by atoms with Gasteiger partial charge in [0.05, 0.1) is 5.56 Å². The Balaban J connectivity index is 2.13. The summed E-state index contributed by atoms with van der Waals surface area (Å²) in [6.45, 7) is 1.65. The number of hydrogen-bond donors (Lipinski definition) is 1. The van der Waals surface area contributed by atoms with E-state index in [1.54, 1.807) is 6.20 Å². The molecule has 2 heterocycles. The van der Waals surface area contributed by atoms with E-state index in [2.05, 4.69) is 11.1 Å². The van der Waals surface area contributed by atoms with Gasteiger partial charge in [0, 0.05) is 19.4 Å². The number of nitrogens with two attached hydrogens (primary N) is 1. The van der Waals surface area contributed by atoms with E-state index >= 15 is 0 Å². The van der Waals surface area contributed by atoms with Crippen LogP contribution < -0.4 is 5.73 Å². The van der Waals surface area contributed by atoms with Gasteiger partial charge in [-0.25, -0.2) is 4.98 Å². The fourth-order valence-electron chi connectivity index (χ4n) is 2.05. The van der Waals surface area contributed by atoms with Gasteiger partial charge in [0.2, 0.25) is 0 Å². The molecule has 84 valence electrons. The number of ether oxygens (including phenoxy) is 1. The average molecular weight is 217 g/mol. The van der Waals surface area contributed by atoms with Crippen LogP contribution in [-0.4, -0.2) is 18.2 Å². The maximum atomic E-state index is 8.98. The number of nitrogen functional groups attached to an aromatic ring is 1. The third-order valence-electron chi connectivity index (χ3n) is 2.98. The van der Waals surface area contributed by atoms with Crippen LogP contribution in [0.2, 0.25) is 0 Å². The Hall–Kier alpha value is -1.60. The summed E-state index contributed by atoms with van der Waals surface area (Å²) < 4.78 is 5.32. The van der Waals surface area contributed by atoms with Gasteiger partial charge in [-0.2, -0.15) is 5.26 Å². The molecule has 1 saturated heterocycles. The normalized spacial score (nSPS) is 16.9. The van der Waals surface area contributed by atoms with E-state index in [1.165, 1.54) is 0 Å². The molecule has 1 aliphatic rings. The second-order valence-corrected chi connectivity index (χ2v) is 4.14. The molecule has 0 spiro atoms. The zero-order valence-corrected chi connectivity index (χ0v) is 9.15. The fourth-order valence-corrected chi connectivity index (χ4v) is 2.05. The highest BCUT2D eigenvalue weighted by Crippen LogP contribution is 2.22. The van der Waals surface area contributed by atoms with Crippen LogP contribution in [0.3, 0.4) is 0 Å². The van der Waals surface area contributed by atoms with E-state index < -0.39 is 0 Å². The molecule has 2 rings (SSSR count). The minimum absolute atomic E-state index is 0.487. The SMILES string of the molecule is N#Cc1cnc(N)cc1CC1CCOCC1. The number of nitrogens with zero attached hydrogens (tertiary/aromatic N) is 2. The van der Waals surface area contributed by atoms with Crippen LogP contribution in [0.25, 0.3) is 0 Å². The number of anilines is 1. The molecule has 0 unspecified atom stereocenters. The molecule has 2 N–H and O–H groups in total. The number of hydrogen-bond acceptors (Lipinski definition) is 4. The molecule has 4 heteroatoms.